The molecule has 0 aromatic heterocycles. The molecule has 4 nitrogen and oxygen atoms in total. The monoisotopic (exact) mass is 298 g/mol. The largest absolute Gasteiger partial charge is 0.486 e. The molecule has 1 aliphatic rings. The topological polar surface area (TPSA) is 55.8 Å². The van der Waals surface area contributed by atoms with Crippen molar-refractivity contribution in [1.82, 2.24) is 0 Å². The second-order valence-electron chi connectivity index (χ2n) is 5.19. The lowest BCUT2D eigenvalue weighted by atomic mass is 9.92. The molecule has 0 saturated heterocycles. The van der Waals surface area contributed by atoms with E-state index in [-0.39, 0.29) is 12.3 Å². The van der Waals surface area contributed by atoms with Gasteiger partial charge in [-0.05, 0) is 30.4 Å². The summed E-state index contributed by atoms with van der Waals surface area (Å²) in [5, 5.41) is 9.28. The molecule has 0 bridgehead atoms. The molecule has 1 N–H and O–H groups in total. The lowest BCUT2D eigenvalue weighted by Crippen LogP contribution is -2.18. The van der Waals surface area contributed by atoms with Gasteiger partial charge >= 0.3 is 5.97 Å². The van der Waals surface area contributed by atoms with Crippen LogP contribution in [0.25, 0.3) is 0 Å². The number of hydrogen-bond donors (Lipinski definition) is 1. The zero-order valence-electron chi connectivity index (χ0n) is 11.7. The highest BCUT2D eigenvalue weighted by Gasteiger charge is 2.24. The van der Waals surface area contributed by atoms with E-state index < -0.39 is 5.97 Å². The van der Waals surface area contributed by atoms with Crippen LogP contribution in [0.15, 0.2) is 6.07 Å². The maximum atomic E-state index is 10.6. The average Bonchev–Trinajstić information content (AvgIpc) is 2.38. The van der Waals surface area contributed by atoms with E-state index in [0.29, 0.717) is 36.8 Å². The van der Waals surface area contributed by atoms with Crippen LogP contribution in [0.1, 0.15) is 43.7 Å². The zero-order chi connectivity index (χ0) is 14.7. The highest BCUT2D eigenvalue weighted by molar-refractivity contribution is 6.32. The molecule has 1 heterocycles. The maximum absolute atomic E-state index is 10.6. The summed E-state index contributed by atoms with van der Waals surface area (Å²) in [6.07, 6.45) is 1.42. The van der Waals surface area contributed by atoms with Gasteiger partial charge in [-0.15, -0.1) is 0 Å². The van der Waals surface area contributed by atoms with Crippen LogP contribution in [0.4, 0.5) is 0 Å². The second kappa shape index (κ2) is 6.35. The molecule has 0 radical (unpaired) electrons. The molecule has 5 heteroatoms. The van der Waals surface area contributed by atoms with Gasteiger partial charge in [-0.2, -0.15) is 0 Å². The Kier molecular flexibility index (Phi) is 4.76. The lowest BCUT2D eigenvalue weighted by molar-refractivity contribution is -0.137. The van der Waals surface area contributed by atoms with Gasteiger partial charge in [-0.25, -0.2) is 0 Å². The van der Waals surface area contributed by atoms with E-state index in [1.54, 1.807) is 0 Å². The number of hydrogen-bond acceptors (Lipinski definition) is 3. The Hall–Kier alpha value is -1.42. The first-order chi connectivity index (χ1) is 9.50. The van der Waals surface area contributed by atoms with E-state index in [0.717, 1.165) is 16.9 Å². The second-order valence-corrected chi connectivity index (χ2v) is 5.60. The molecule has 0 spiro atoms. The van der Waals surface area contributed by atoms with E-state index in [4.69, 9.17) is 26.2 Å². The quantitative estimate of drug-likeness (QED) is 0.901. The summed E-state index contributed by atoms with van der Waals surface area (Å²) in [7, 11) is 0. The fraction of sp³-hybridized carbons (Fsp3) is 0.533. The number of ether oxygens (including phenoxy) is 2. The minimum absolute atomic E-state index is 0.156. The van der Waals surface area contributed by atoms with Gasteiger partial charge in [0.2, 0.25) is 0 Å². The fourth-order valence-electron chi connectivity index (χ4n) is 2.51. The Labute approximate surface area is 123 Å². The summed E-state index contributed by atoms with van der Waals surface area (Å²) in [6.45, 7) is 5.19. The fourth-order valence-corrected chi connectivity index (χ4v) is 2.78. The van der Waals surface area contributed by atoms with Crippen LogP contribution in [0.3, 0.4) is 0 Å². The molecular formula is C15H19ClO4. The van der Waals surface area contributed by atoms with Gasteiger partial charge in [0.25, 0.3) is 0 Å². The molecular weight excluding hydrogens is 280 g/mol. The average molecular weight is 299 g/mol. The summed E-state index contributed by atoms with van der Waals surface area (Å²) >= 11 is 6.24. The van der Waals surface area contributed by atoms with Gasteiger partial charge < -0.3 is 14.6 Å². The van der Waals surface area contributed by atoms with Crippen LogP contribution >= 0.6 is 11.6 Å². The summed E-state index contributed by atoms with van der Waals surface area (Å²) < 4.78 is 11.3. The van der Waals surface area contributed by atoms with Gasteiger partial charge in [0.05, 0.1) is 5.02 Å². The number of halogens is 1. The minimum Gasteiger partial charge on any atom is -0.486 e. The van der Waals surface area contributed by atoms with Crippen molar-refractivity contribution in [3.63, 3.8) is 0 Å². The lowest BCUT2D eigenvalue weighted by Gasteiger charge is -2.26. The van der Waals surface area contributed by atoms with Gasteiger partial charge in [0.15, 0.2) is 11.5 Å². The predicted molar refractivity (Wildman–Crippen MR) is 77.1 cm³/mol. The van der Waals surface area contributed by atoms with E-state index in [2.05, 4.69) is 13.8 Å². The van der Waals surface area contributed by atoms with Crippen molar-refractivity contribution in [3.05, 3.63) is 22.2 Å². The number of carbonyl (C=O) groups is 1. The van der Waals surface area contributed by atoms with Gasteiger partial charge in [-0.3, -0.25) is 4.79 Å². The Morgan fingerprint density at radius 3 is 2.60 bits per heavy atom. The number of carboxylic acid groups (broad SMARTS) is 1. The molecule has 0 aliphatic carbocycles. The third kappa shape index (κ3) is 3.18. The van der Waals surface area contributed by atoms with Crippen molar-refractivity contribution in [1.29, 1.82) is 0 Å². The molecule has 0 amide bonds. The molecule has 0 atom stereocenters. The first-order valence-electron chi connectivity index (χ1n) is 6.83. The van der Waals surface area contributed by atoms with Crippen LogP contribution < -0.4 is 9.47 Å². The van der Waals surface area contributed by atoms with E-state index >= 15 is 0 Å². The number of aliphatic carboxylic acids is 1. The Morgan fingerprint density at radius 2 is 2.00 bits per heavy atom. The summed E-state index contributed by atoms with van der Waals surface area (Å²) in [6, 6.07) is 1.88. The molecule has 1 aliphatic heterocycles. The SMILES string of the molecule is CC(C)c1c(CCCC(=O)O)cc(Cl)c2c1OCCO2. The maximum Gasteiger partial charge on any atom is 0.303 e. The van der Waals surface area contributed by atoms with Crippen LogP contribution in [0, 0.1) is 0 Å². The molecule has 0 saturated carbocycles. The predicted octanol–water partition coefficient (Wildman–Crippen LogP) is 3.64. The molecule has 0 fully saturated rings. The van der Waals surface area contributed by atoms with Crippen molar-refractivity contribution >= 4 is 17.6 Å². The van der Waals surface area contributed by atoms with Crippen molar-refractivity contribution in [2.24, 2.45) is 0 Å². The molecule has 2 rings (SSSR count). The van der Waals surface area contributed by atoms with E-state index in [1.807, 2.05) is 6.07 Å². The van der Waals surface area contributed by atoms with Crippen LogP contribution in [-0.4, -0.2) is 24.3 Å². The number of fused-ring (bicyclic) bond motifs is 1. The summed E-state index contributed by atoms with van der Waals surface area (Å²) in [5.41, 5.74) is 2.13. The Balaban J connectivity index is 2.35. The molecule has 0 unspecified atom stereocenters. The van der Waals surface area contributed by atoms with E-state index in [9.17, 15) is 4.79 Å². The van der Waals surface area contributed by atoms with Crippen molar-refractivity contribution in [2.75, 3.05) is 13.2 Å². The summed E-state index contributed by atoms with van der Waals surface area (Å²) in [5.74, 6) is 0.829. The molecule has 110 valence electrons. The highest BCUT2D eigenvalue weighted by atomic mass is 35.5. The highest BCUT2D eigenvalue weighted by Crippen LogP contribution is 2.45. The van der Waals surface area contributed by atoms with Crippen molar-refractivity contribution in [2.45, 2.75) is 39.0 Å². The Bertz CT molecular complexity index is 511. The van der Waals surface area contributed by atoms with Gasteiger partial charge in [0, 0.05) is 12.0 Å². The number of benzene rings is 1. The number of aryl methyl sites for hydroxylation is 1. The van der Waals surface area contributed by atoms with Crippen molar-refractivity contribution < 1.29 is 19.4 Å². The van der Waals surface area contributed by atoms with Crippen LogP contribution in [0.2, 0.25) is 5.02 Å². The number of rotatable bonds is 5. The number of carboxylic acids is 1. The minimum atomic E-state index is -0.778. The zero-order valence-corrected chi connectivity index (χ0v) is 12.5. The first-order valence-corrected chi connectivity index (χ1v) is 7.21. The molecule has 1 aromatic carbocycles. The first kappa shape index (κ1) is 15.0. The van der Waals surface area contributed by atoms with Gasteiger partial charge in [-0.1, -0.05) is 25.4 Å². The molecule has 1 aromatic rings. The van der Waals surface area contributed by atoms with Crippen molar-refractivity contribution in [3.8, 4) is 11.5 Å². The molecule has 20 heavy (non-hydrogen) atoms. The van der Waals surface area contributed by atoms with Crippen LogP contribution in [0.5, 0.6) is 11.5 Å². The third-order valence-corrected chi connectivity index (χ3v) is 3.59. The Morgan fingerprint density at radius 1 is 1.35 bits per heavy atom. The third-order valence-electron chi connectivity index (χ3n) is 3.30. The normalized spacial score (nSPS) is 13.6. The van der Waals surface area contributed by atoms with Crippen LogP contribution in [-0.2, 0) is 11.2 Å². The summed E-state index contributed by atoms with van der Waals surface area (Å²) in [4.78, 5) is 10.6. The standard InChI is InChI=1S/C15H19ClO4/c1-9(2)13-10(4-3-5-12(17)18)8-11(16)14-15(13)20-7-6-19-14/h8-9H,3-7H2,1-2H3,(H,17,18). The smallest absolute Gasteiger partial charge is 0.303 e. The van der Waals surface area contributed by atoms with Gasteiger partial charge in [0.1, 0.15) is 13.2 Å². The van der Waals surface area contributed by atoms with E-state index in [1.165, 1.54) is 0 Å².